The van der Waals surface area contributed by atoms with Crippen LogP contribution in [0.15, 0.2) is 60.3 Å². The Morgan fingerprint density at radius 1 is 1.00 bits per heavy atom. The molecule has 1 aromatic heterocycles. The van der Waals surface area contributed by atoms with E-state index in [2.05, 4.69) is 70.2 Å². The molecule has 0 radical (unpaired) electrons. The maximum Gasteiger partial charge on any atom is 0.128 e. The van der Waals surface area contributed by atoms with Crippen LogP contribution >= 0.6 is 0 Å². The zero-order valence-electron chi connectivity index (χ0n) is 13.2. The Hall–Kier alpha value is -2.13. The zero-order chi connectivity index (χ0) is 15.2. The van der Waals surface area contributed by atoms with Crippen molar-refractivity contribution in [2.45, 2.75) is 6.92 Å². The molecule has 0 saturated carbocycles. The average Bonchev–Trinajstić information content (AvgIpc) is 2.57. The molecule has 1 aliphatic rings. The Morgan fingerprint density at radius 3 is 2.41 bits per heavy atom. The summed E-state index contributed by atoms with van der Waals surface area (Å²) in [5.74, 6) is 1.10. The third kappa shape index (κ3) is 3.95. The van der Waals surface area contributed by atoms with Crippen LogP contribution < -0.4 is 4.90 Å². The molecule has 0 atom stereocenters. The lowest BCUT2D eigenvalue weighted by Crippen LogP contribution is -2.47. The first-order valence-corrected chi connectivity index (χ1v) is 7.92. The van der Waals surface area contributed by atoms with Gasteiger partial charge in [0, 0.05) is 38.9 Å². The van der Waals surface area contributed by atoms with E-state index in [1.165, 1.54) is 11.1 Å². The fourth-order valence-corrected chi connectivity index (χ4v) is 2.91. The number of piperazine rings is 1. The number of pyridine rings is 1. The van der Waals surface area contributed by atoms with Crippen molar-refractivity contribution in [3.63, 3.8) is 0 Å². The van der Waals surface area contributed by atoms with E-state index in [0.717, 1.165) is 38.5 Å². The van der Waals surface area contributed by atoms with E-state index in [-0.39, 0.29) is 0 Å². The Morgan fingerprint density at radius 2 is 1.73 bits per heavy atom. The minimum atomic E-state index is 1.05. The number of aromatic nitrogens is 1. The van der Waals surface area contributed by atoms with Gasteiger partial charge in [0.1, 0.15) is 5.82 Å². The lowest BCUT2D eigenvalue weighted by Gasteiger charge is -2.35. The van der Waals surface area contributed by atoms with Gasteiger partial charge in [0.15, 0.2) is 0 Å². The third-order valence-corrected chi connectivity index (χ3v) is 4.03. The van der Waals surface area contributed by atoms with Gasteiger partial charge in [-0.15, -0.1) is 0 Å². The van der Waals surface area contributed by atoms with Gasteiger partial charge in [0.05, 0.1) is 0 Å². The molecule has 0 amide bonds. The molecule has 1 aliphatic heterocycles. The Kier molecular flexibility index (Phi) is 4.86. The molecule has 1 fully saturated rings. The molecular formula is C19H23N3. The Bertz CT molecular complexity index is 599. The number of rotatable bonds is 4. The molecule has 1 aromatic carbocycles. The number of hydrogen-bond acceptors (Lipinski definition) is 3. The first-order valence-electron chi connectivity index (χ1n) is 7.92. The molecule has 2 aromatic rings. The monoisotopic (exact) mass is 293 g/mol. The van der Waals surface area contributed by atoms with Crippen LogP contribution in [0.4, 0.5) is 5.82 Å². The van der Waals surface area contributed by atoms with E-state index in [9.17, 15) is 0 Å². The molecule has 3 heteroatoms. The summed E-state index contributed by atoms with van der Waals surface area (Å²) >= 11 is 0. The summed E-state index contributed by atoms with van der Waals surface area (Å²) in [7, 11) is 0. The van der Waals surface area contributed by atoms with Crippen LogP contribution in [0.5, 0.6) is 0 Å². The standard InChI is InChI=1S/C19H23N3/c1-17(15-18-7-3-2-4-8-18)16-21-11-13-22(14-12-21)19-9-5-6-10-20-19/h2-10,15H,11-14,16H2,1H3/b17-15-. The van der Waals surface area contributed by atoms with Crippen molar-refractivity contribution in [3.05, 3.63) is 65.9 Å². The van der Waals surface area contributed by atoms with Gasteiger partial charge in [-0.25, -0.2) is 4.98 Å². The van der Waals surface area contributed by atoms with Crippen LogP contribution in [0.1, 0.15) is 12.5 Å². The minimum absolute atomic E-state index is 1.05. The lowest BCUT2D eigenvalue weighted by molar-refractivity contribution is 0.278. The van der Waals surface area contributed by atoms with Gasteiger partial charge < -0.3 is 4.90 Å². The van der Waals surface area contributed by atoms with Gasteiger partial charge >= 0.3 is 0 Å². The van der Waals surface area contributed by atoms with Crippen LogP contribution in [0.2, 0.25) is 0 Å². The van der Waals surface area contributed by atoms with Gasteiger partial charge in [-0.2, -0.15) is 0 Å². The molecule has 22 heavy (non-hydrogen) atoms. The van der Waals surface area contributed by atoms with E-state index in [1.807, 2.05) is 12.3 Å². The van der Waals surface area contributed by atoms with Crippen molar-refractivity contribution in [2.24, 2.45) is 0 Å². The fourth-order valence-electron chi connectivity index (χ4n) is 2.91. The quantitative estimate of drug-likeness (QED) is 0.862. The molecule has 0 spiro atoms. The van der Waals surface area contributed by atoms with Gasteiger partial charge in [-0.3, -0.25) is 4.90 Å². The van der Waals surface area contributed by atoms with Crippen LogP contribution in [-0.4, -0.2) is 42.6 Å². The van der Waals surface area contributed by atoms with Crippen molar-refractivity contribution in [2.75, 3.05) is 37.6 Å². The molecule has 3 nitrogen and oxygen atoms in total. The smallest absolute Gasteiger partial charge is 0.128 e. The number of benzene rings is 1. The second-order valence-electron chi connectivity index (χ2n) is 5.85. The summed E-state index contributed by atoms with van der Waals surface area (Å²) in [6.07, 6.45) is 4.15. The van der Waals surface area contributed by atoms with Crippen LogP contribution in [0.25, 0.3) is 6.08 Å². The molecule has 0 bridgehead atoms. The van der Waals surface area contributed by atoms with E-state index < -0.39 is 0 Å². The first kappa shape index (κ1) is 14.8. The Balaban J connectivity index is 1.53. The topological polar surface area (TPSA) is 19.4 Å². The molecular weight excluding hydrogens is 270 g/mol. The number of nitrogens with zero attached hydrogens (tertiary/aromatic N) is 3. The predicted molar refractivity (Wildman–Crippen MR) is 93.0 cm³/mol. The van der Waals surface area contributed by atoms with Crippen molar-refractivity contribution in [3.8, 4) is 0 Å². The summed E-state index contributed by atoms with van der Waals surface area (Å²) in [6.45, 7) is 7.56. The maximum atomic E-state index is 4.44. The predicted octanol–water partition coefficient (Wildman–Crippen LogP) is 3.31. The SMILES string of the molecule is C/C(=C/c1ccccc1)CN1CCN(c2ccccn2)CC1. The summed E-state index contributed by atoms with van der Waals surface area (Å²) in [5, 5.41) is 0. The van der Waals surface area contributed by atoms with Crippen LogP contribution in [0.3, 0.4) is 0 Å². The zero-order valence-corrected chi connectivity index (χ0v) is 13.2. The minimum Gasteiger partial charge on any atom is -0.354 e. The van der Waals surface area contributed by atoms with E-state index in [4.69, 9.17) is 0 Å². The molecule has 114 valence electrons. The van der Waals surface area contributed by atoms with Crippen molar-refractivity contribution in [1.82, 2.24) is 9.88 Å². The van der Waals surface area contributed by atoms with Crippen LogP contribution in [0, 0.1) is 0 Å². The van der Waals surface area contributed by atoms with Gasteiger partial charge in [-0.05, 0) is 24.6 Å². The molecule has 0 N–H and O–H groups in total. The molecule has 0 unspecified atom stereocenters. The van der Waals surface area contributed by atoms with Crippen molar-refractivity contribution >= 4 is 11.9 Å². The Labute approximate surface area is 132 Å². The first-order chi connectivity index (χ1) is 10.8. The van der Waals surface area contributed by atoms with Crippen molar-refractivity contribution < 1.29 is 0 Å². The highest BCUT2D eigenvalue weighted by atomic mass is 15.3. The largest absolute Gasteiger partial charge is 0.354 e. The number of hydrogen-bond donors (Lipinski definition) is 0. The second kappa shape index (κ2) is 7.23. The third-order valence-electron chi connectivity index (χ3n) is 4.03. The highest BCUT2D eigenvalue weighted by molar-refractivity contribution is 5.52. The normalized spacial score (nSPS) is 16.8. The van der Waals surface area contributed by atoms with Gasteiger partial charge in [0.2, 0.25) is 0 Å². The maximum absolute atomic E-state index is 4.44. The lowest BCUT2D eigenvalue weighted by atomic mass is 10.1. The summed E-state index contributed by atoms with van der Waals surface area (Å²) in [4.78, 5) is 9.33. The fraction of sp³-hybridized carbons (Fsp3) is 0.316. The van der Waals surface area contributed by atoms with E-state index in [1.54, 1.807) is 0 Å². The summed E-state index contributed by atoms with van der Waals surface area (Å²) < 4.78 is 0. The molecule has 0 aliphatic carbocycles. The summed E-state index contributed by atoms with van der Waals surface area (Å²) in [5.41, 5.74) is 2.70. The van der Waals surface area contributed by atoms with Crippen molar-refractivity contribution in [1.29, 1.82) is 0 Å². The summed E-state index contributed by atoms with van der Waals surface area (Å²) in [6, 6.07) is 16.7. The molecule has 3 rings (SSSR count). The van der Waals surface area contributed by atoms with E-state index >= 15 is 0 Å². The molecule has 1 saturated heterocycles. The highest BCUT2D eigenvalue weighted by Crippen LogP contribution is 2.14. The average molecular weight is 293 g/mol. The van der Waals surface area contributed by atoms with Crippen LogP contribution in [-0.2, 0) is 0 Å². The highest BCUT2D eigenvalue weighted by Gasteiger charge is 2.17. The second-order valence-corrected chi connectivity index (χ2v) is 5.85. The molecule has 2 heterocycles. The van der Waals surface area contributed by atoms with Gasteiger partial charge in [0.25, 0.3) is 0 Å². The number of anilines is 1. The van der Waals surface area contributed by atoms with E-state index in [0.29, 0.717) is 0 Å². The van der Waals surface area contributed by atoms with Gasteiger partial charge in [-0.1, -0.05) is 48.0 Å².